The molecule has 1 N–H and O–H groups in total. The fraction of sp³-hybridized carbons (Fsp3) is 0.750. The van der Waals surface area contributed by atoms with Gasteiger partial charge in [0.25, 0.3) is 0 Å². The highest BCUT2D eigenvalue weighted by Gasteiger charge is 2.54. The molecule has 0 aromatic carbocycles. The van der Waals surface area contributed by atoms with E-state index in [0.29, 0.717) is 18.4 Å². The lowest BCUT2D eigenvalue weighted by Gasteiger charge is -2.58. The molecule has 0 saturated heterocycles. The van der Waals surface area contributed by atoms with Crippen molar-refractivity contribution >= 4 is 5.97 Å². The Bertz CT molecular complexity index is 535. The van der Waals surface area contributed by atoms with Crippen LogP contribution >= 0.6 is 0 Å². The highest BCUT2D eigenvalue weighted by molar-refractivity contribution is 5.90. The third-order valence-corrected chi connectivity index (χ3v) is 7.01. The molecule has 0 unspecified atom stereocenters. The molecule has 128 valence electrons. The molecule has 3 aliphatic rings. The number of carbonyl (C=O) groups is 1. The van der Waals surface area contributed by atoms with Gasteiger partial charge in [-0.25, -0.2) is 4.79 Å². The topological polar surface area (TPSA) is 46.5 Å². The summed E-state index contributed by atoms with van der Waals surface area (Å²) in [7, 11) is 0. The SMILES string of the molecule is C=C1CC[C@@H]2[C@](C)(CO)CCC[C@@]2(C)[C@H]1CCC1=CCOC1=O. The Labute approximate surface area is 139 Å². The standard InChI is InChI=1S/C20H30O3/c1-14-5-8-17-19(2,13-21)10-4-11-20(17,3)16(14)7-6-15-9-12-23-18(15)22/h9,16-17,21H,1,4-8,10-13H2,2-3H3/t16-,17+,19-,20-/m0/s1. The first kappa shape index (κ1) is 16.8. The van der Waals surface area contributed by atoms with E-state index in [1.54, 1.807) is 0 Å². The van der Waals surface area contributed by atoms with E-state index in [0.717, 1.165) is 37.7 Å². The van der Waals surface area contributed by atoms with Crippen molar-refractivity contribution in [3.63, 3.8) is 0 Å². The van der Waals surface area contributed by atoms with Crippen LogP contribution in [0.2, 0.25) is 0 Å². The predicted octanol–water partition coefficient (Wildman–Crippen LogP) is 4.02. The molecular formula is C20H30O3. The van der Waals surface area contributed by atoms with Crippen molar-refractivity contribution in [1.29, 1.82) is 0 Å². The van der Waals surface area contributed by atoms with E-state index in [2.05, 4.69) is 20.4 Å². The number of cyclic esters (lactones) is 1. The van der Waals surface area contributed by atoms with E-state index in [9.17, 15) is 9.90 Å². The molecule has 0 spiro atoms. The Hall–Kier alpha value is -1.09. The first-order chi connectivity index (χ1) is 10.9. The fourth-order valence-electron chi connectivity index (χ4n) is 5.70. The number of ether oxygens (including phenoxy) is 1. The quantitative estimate of drug-likeness (QED) is 0.629. The smallest absolute Gasteiger partial charge is 0.334 e. The molecular weight excluding hydrogens is 288 g/mol. The molecule has 3 nitrogen and oxygen atoms in total. The second kappa shape index (κ2) is 6.08. The molecule has 2 saturated carbocycles. The lowest BCUT2D eigenvalue weighted by molar-refractivity contribution is -0.136. The van der Waals surface area contributed by atoms with E-state index in [4.69, 9.17) is 4.74 Å². The van der Waals surface area contributed by atoms with Gasteiger partial charge in [-0.1, -0.05) is 32.4 Å². The van der Waals surface area contributed by atoms with Gasteiger partial charge in [-0.05, 0) is 67.3 Å². The first-order valence-corrected chi connectivity index (χ1v) is 9.05. The number of aliphatic hydroxyl groups is 1. The largest absolute Gasteiger partial charge is 0.458 e. The summed E-state index contributed by atoms with van der Waals surface area (Å²) in [4.78, 5) is 11.7. The minimum absolute atomic E-state index is 0.0392. The summed E-state index contributed by atoms with van der Waals surface area (Å²) in [6.45, 7) is 9.75. The predicted molar refractivity (Wildman–Crippen MR) is 90.8 cm³/mol. The van der Waals surface area contributed by atoms with Crippen molar-refractivity contribution in [2.75, 3.05) is 13.2 Å². The van der Waals surface area contributed by atoms with Gasteiger partial charge in [0.1, 0.15) is 6.61 Å². The maximum absolute atomic E-state index is 11.7. The lowest BCUT2D eigenvalue weighted by Crippen LogP contribution is -2.51. The van der Waals surface area contributed by atoms with Gasteiger partial charge in [-0.15, -0.1) is 0 Å². The van der Waals surface area contributed by atoms with Crippen LogP contribution in [0.15, 0.2) is 23.8 Å². The van der Waals surface area contributed by atoms with E-state index >= 15 is 0 Å². The van der Waals surface area contributed by atoms with Crippen molar-refractivity contribution in [1.82, 2.24) is 0 Å². The minimum atomic E-state index is -0.142. The summed E-state index contributed by atoms with van der Waals surface area (Å²) in [5, 5.41) is 10.0. The molecule has 0 aromatic heterocycles. The normalized spacial score (nSPS) is 40.6. The van der Waals surface area contributed by atoms with Crippen LogP contribution in [0.4, 0.5) is 0 Å². The maximum Gasteiger partial charge on any atom is 0.334 e. The molecule has 4 atom stereocenters. The van der Waals surface area contributed by atoms with Gasteiger partial charge in [0, 0.05) is 12.2 Å². The van der Waals surface area contributed by atoms with Crippen LogP contribution in [0.5, 0.6) is 0 Å². The number of esters is 1. The highest BCUT2D eigenvalue weighted by Crippen LogP contribution is 2.61. The van der Waals surface area contributed by atoms with Gasteiger partial charge in [0.15, 0.2) is 0 Å². The summed E-state index contributed by atoms with van der Waals surface area (Å²) in [6.07, 6.45) is 9.42. The monoisotopic (exact) mass is 318 g/mol. The Morgan fingerprint density at radius 2 is 2.17 bits per heavy atom. The van der Waals surface area contributed by atoms with E-state index in [1.165, 1.54) is 18.4 Å². The number of hydrogen-bond donors (Lipinski definition) is 1. The van der Waals surface area contributed by atoms with Crippen LogP contribution in [-0.2, 0) is 9.53 Å². The maximum atomic E-state index is 11.7. The molecule has 3 rings (SSSR count). The van der Waals surface area contributed by atoms with E-state index < -0.39 is 0 Å². The van der Waals surface area contributed by atoms with Gasteiger partial charge in [0.05, 0.1) is 0 Å². The zero-order chi connectivity index (χ0) is 16.7. The summed E-state index contributed by atoms with van der Waals surface area (Å²) in [5.74, 6) is 0.854. The Kier molecular flexibility index (Phi) is 4.43. The number of aliphatic hydroxyl groups excluding tert-OH is 1. The molecule has 0 bridgehead atoms. The average Bonchev–Trinajstić information content (AvgIpc) is 2.91. The first-order valence-electron chi connectivity index (χ1n) is 9.05. The van der Waals surface area contributed by atoms with Crippen LogP contribution in [0, 0.1) is 22.7 Å². The Balaban J connectivity index is 1.80. The van der Waals surface area contributed by atoms with Crippen LogP contribution < -0.4 is 0 Å². The molecule has 0 aromatic rings. The summed E-state index contributed by atoms with van der Waals surface area (Å²) in [6, 6.07) is 0. The van der Waals surface area contributed by atoms with E-state index in [1.807, 2.05) is 6.08 Å². The molecule has 2 fully saturated rings. The number of hydrogen-bond acceptors (Lipinski definition) is 3. The zero-order valence-corrected chi connectivity index (χ0v) is 14.6. The molecule has 0 radical (unpaired) electrons. The molecule has 3 heteroatoms. The molecule has 0 amide bonds. The number of fused-ring (bicyclic) bond motifs is 1. The molecule has 2 aliphatic carbocycles. The van der Waals surface area contributed by atoms with Gasteiger partial charge >= 0.3 is 5.97 Å². The molecule has 1 heterocycles. The third kappa shape index (κ3) is 2.77. The third-order valence-electron chi connectivity index (χ3n) is 7.01. The minimum Gasteiger partial charge on any atom is -0.458 e. The highest BCUT2D eigenvalue weighted by atomic mass is 16.5. The Morgan fingerprint density at radius 1 is 1.39 bits per heavy atom. The fourth-order valence-corrected chi connectivity index (χ4v) is 5.70. The van der Waals surface area contributed by atoms with Gasteiger partial charge in [-0.2, -0.15) is 0 Å². The van der Waals surface area contributed by atoms with Crippen molar-refractivity contribution in [3.05, 3.63) is 23.8 Å². The van der Waals surface area contributed by atoms with Gasteiger partial charge < -0.3 is 9.84 Å². The number of allylic oxidation sites excluding steroid dienone is 1. The second-order valence-electron chi connectivity index (χ2n) is 8.34. The molecule has 23 heavy (non-hydrogen) atoms. The van der Waals surface area contributed by atoms with Crippen LogP contribution in [-0.4, -0.2) is 24.3 Å². The van der Waals surface area contributed by atoms with Gasteiger partial charge in [-0.3, -0.25) is 0 Å². The summed E-state index contributed by atoms with van der Waals surface area (Å²) in [5.41, 5.74) is 2.42. The van der Waals surface area contributed by atoms with Crippen LogP contribution in [0.3, 0.4) is 0 Å². The average molecular weight is 318 g/mol. The van der Waals surface area contributed by atoms with Crippen molar-refractivity contribution in [2.45, 2.75) is 58.8 Å². The van der Waals surface area contributed by atoms with Crippen molar-refractivity contribution in [3.8, 4) is 0 Å². The van der Waals surface area contributed by atoms with Gasteiger partial charge in [0.2, 0.25) is 0 Å². The van der Waals surface area contributed by atoms with Crippen LogP contribution in [0.1, 0.15) is 58.8 Å². The summed E-state index contributed by atoms with van der Waals surface area (Å²) >= 11 is 0. The molecule has 1 aliphatic heterocycles. The van der Waals surface area contributed by atoms with E-state index in [-0.39, 0.29) is 23.4 Å². The number of carbonyl (C=O) groups excluding carboxylic acids is 1. The summed E-state index contributed by atoms with van der Waals surface area (Å²) < 4.78 is 5.03. The number of rotatable bonds is 4. The lowest BCUT2D eigenvalue weighted by atomic mass is 9.47. The Morgan fingerprint density at radius 3 is 2.83 bits per heavy atom. The zero-order valence-electron chi connectivity index (χ0n) is 14.6. The van der Waals surface area contributed by atoms with Crippen molar-refractivity contribution < 1.29 is 14.6 Å². The second-order valence-corrected chi connectivity index (χ2v) is 8.34. The van der Waals surface area contributed by atoms with Crippen molar-refractivity contribution in [2.24, 2.45) is 22.7 Å². The van der Waals surface area contributed by atoms with Crippen LogP contribution in [0.25, 0.3) is 0 Å².